The number of hydrogen-bond acceptors (Lipinski definition) is 6. The quantitative estimate of drug-likeness (QED) is 0.610. The van der Waals surface area contributed by atoms with Gasteiger partial charge in [0.2, 0.25) is 0 Å². The van der Waals surface area contributed by atoms with E-state index in [0.29, 0.717) is 18.3 Å². The third-order valence-electron chi connectivity index (χ3n) is 3.04. The summed E-state index contributed by atoms with van der Waals surface area (Å²) in [7, 11) is -3.79. The number of thioether (sulfide) groups is 1. The lowest BCUT2D eigenvalue weighted by Gasteiger charge is -2.25. The summed E-state index contributed by atoms with van der Waals surface area (Å²) in [5.41, 5.74) is 1.00. The lowest BCUT2D eigenvalue weighted by Crippen LogP contribution is -2.32. The normalized spacial score (nSPS) is 16.9. The highest BCUT2D eigenvalue weighted by Crippen LogP contribution is 2.22. The van der Waals surface area contributed by atoms with E-state index in [4.69, 9.17) is 8.92 Å². The summed E-state index contributed by atoms with van der Waals surface area (Å²) in [6.45, 7) is 4.66. The molecule has 1 aliphatic rings. The van der Waals surface area contributed by atoms with Gasteiger partial charge in [-0.2, -0.15) is 8.42 Å². The fourth-order valence-corrected chi connectivity index (χ4v) is 3.45. The maximum Gasteiger partial charge on any atom is 0.339 e. The monoisotopic (exact) mass is 329 g/mol. The number of rotatable bonds is 5. The van der Waals surface area contributed by atoms with Crippen LogP contribution in [0.3, 0.4) is 0 Å². The highest BCUT2D eigenvalue weighted by atomic mass is 32.2. The van der Waals surface area contributed by atoms with E-state index in [0.717, 1.165) is 18.7 Å². The van der Waals surface area contributed by atoms with Crippen molar-refractivity contribution in [1.29, 1.82) is 0 Å². The molecule has 1 fully saturated rings. The van der Waals surface area contributed by atoms with Crippen molar-refractivity contribution in [2.24, 2.45) is 0 Å². The number of nitrogens with zero attached hydrogens (tertiary/aromatic N) is 1. The summed E-state index contributed by atoms with van der Waals surface area (Å²) in [6, 6.07) is 6.61. The second kappa shape index (κ2) is 7.20. The van der Waals surface area contributed by atoms with Crippen LogP contribution in [0.1, 0.15) is 5.56 Å². The molecule has 7 heteroatoms. The van der Waals surface area contributed by atoms with Gasteiger partial charge in [0.15, 0.2) is 5.09 Å². The van der Waals surface area contributed by atoms with Crippen LogP contribution in [0.4, 0.5) is 0 Å². The van der Waals surface area contributed by atoms with E-state index in [9.17, 15) is 8.42 Å². The third kappa shape index (κ3) is 4.66. The first-order chi connectivity index (χ1) is 10.0. The minimum atomic E-state index is -3.79. The Bertz CT molecular complexity index is 590. The van der Waals surface area contributed by atoms with Crippen molar-refractivity contribution in [1.82, 2.24) is 4.90 Å². The van der Waals surface area contributed by atoms with Gasteiger partial charge in [0.05, 0.1) is 19.4 Å². The van der Waals surface area contributed by atoms with Gasteiger partial charge >= 0.3 is 10.1 Å². The smallest absolute Gasteiger partial charge is 0.339 e. The fraction of sp³-hybridized carbons (Fsp3) is 0.429. The SMILES string of the molecule is CS/C(=C\N1CCOCC1)OS(=O)(=O)c1ccc(C)cc1. The van der Waals surface area contributed by atoms with E-state index in [1.807, 2.05) is 11.8 Å². The number of morpholine rings is 1. The third-order valence-corrected chi connectivity index (χ3v) is 4.98. The van der Waals surface area contributed by atoms with Gasteiger partial charge in [0.1, 0.15) is 4.90 Å². The fourth-order valence-electron chi connectivity index (χ4n) is 1.83. The minimum Gasteiger partial charge on any atom is -0.378 e. The zero-order chi connectivity index (χ0) is 15.3. The standard InChI is InChI=1S/C14H19NO4S2/c1-12-3-5-13(6-4-12)21(16,17)19-14(20-2)11-15-7-9-18-10-8-15/h3-6,11H,7-10H2,1-2H3/b14-11-. The van der Waals surface area contributed by atoms with Gasteiger partial charge < -0.3 is 13.8 Å². The molecule has 1 aromatic rings. The summed E-state index contributed by atoms with van der Waals surface area (Å²) in [6.07, 6.45) is 3.52. The molecule has 0 spiro atoms. The van der Waals surface area contributed by atoms with Gasteiger partial charge in [-0.3, -0.25) is 0 Å². The Morgan fingerprint density at radius 3 is 2.48 bits per heavy atom. The molecule has 0 radical (unpaired) electrons. The largest absolute Gasteiger partial charge is 0.378 e. The van der Waals surface area contributed by atoms with Crippen molar-refractivity contribution in [2.45, 2.75) is 11.8 Å². The molecular formula is C14H19NO4S2. The van der Waals surface area contributed by atoms with E-state index < -0.39 is 10.1 Å². The van der Waals surface area contributed by atoms with Gasteiger partial charge in [-0.05, 0) is 25.3 Å². The first kappa shape index (κ1) is 16.2. The van der Waals surface area contributed by atoms with Crippen LogP contribution in [0, 0.1) is 6.92 Å². The maximum absolute atomic E-state index is 12.2. The summed E-state index contributed by atoms with van der Waals surface area (Å²) in [5, 5.41) is 0.359. The molecule has 0 bridgehead atoms. The lowest BCUT2D eigenvalue weighted by molar-refractivity contribution is 0.0585. The highest BCUT2D eigenvalue weighted by Gasteiger charge is 2.18. The molecule has 0 unspecified atom stereocenters. The van der Waals surface area contributed by atoms with E-state index in [1.54, 1.807) is 36.7 Å². The second-order valence-electron chi connectivity index (χ2n) is 4.65. The molecule has 1 aromatic carbocycles. The van der Waals surface area contributed by atoms with Crippen molar-refractivity contribution in [3.05, 3.63) is 41.1 Å². The Hall–Kier alpha value is -1.18. The van der Waals surface area contributed by atoms with Crippen LogP contribution in [-0.2, 0) is 19.0 Å². The molecule has 0 saturated carbocycles. The van der Waals surface area contributed by atoms with Gasteiger partial charge in [-0.1, -0.05) is 29.5 Å². The molecule has 21 heavy (non-hydrogen) atoms. The highest BCUT2D eigenvalue weighted by molar-refractivity contribution is 8.02. The Morgan fingerprint density at radius 1 is 1.29 bits per heavy atom. The summed E-state index contributed by atoms with van der Waals surface area (Å²) < 4.78 is 35.0. The summed E-state index contributed by atoms with van der Waals surface area (Å²) >= 11 is 1.27. The van der Waals surface area contributed by atoms with Crippen LogP contribution < -0.4 is 0 Å². The molecule has 2 rings (SSSR count). The molecule has 0 aromatic heterocycles. The summed E-state index contributed by atoms with van der Waals surface area (Å²) in [5.74, 6) is 0. The van der Waals surface area contributed by atoms with Crippen LogP contribution in [-0.4, -0.2) is 45.9 Å². The van der Waals surface area contributed by atoms with Crippen molar-refractivity contribution in [2.75, 3.05) is 32.6 Å². The number of hydrogen-bond donors (Lipinski definition) is 0. The molecule has 0 atom stereocenters. The number of ether oxygens (including phenoxy) is 1. The molecule has 1 heterocycles. The predicted octanol–water partition coefficient (Wildman–Crippen LogP) is 2.19. The Kier molecular flexibility index (Phi) is 5.55. The van der Waals surface area contributed by atoms with Crippen LogP contribution >= 0.6 is 11.8 Å². The zero-order valence-electron chi connectivity index (χ0n) is 12.1. The van der Waals surface area contributed by atoms with Crippen LogP contribution in [0.25, 0.3) is 0 Å². The van der Waals surface area contributed by atoms with Gasteiger partial charge in [0, 0.05) is 13.1 Å². The van der Waals surface area contributed by atoms with Crippen molar-refractivity contribution in [3.8, 4) is 0 Å². The number of aryl methyl sites for hydroxylation is 1. The first-order valence-corrected chi connectivity index (χ1v) is 9.23. The number of benzene rings is 1. The van der Waals surface area contributed by atoms with E-state index >= 15 is 0 Å². The summed E-state index contributed by atoms with van der Waals surface area (Å²) in [4.78, 5) is 2.16. The van der Waals surface area contributed by atoms with E-state index in [-0.39, 0.29) is 4.90 Å². The average molecular weight is 329 g/mol. The molecule has 0 aliphatic carbocycles. The van der Waals surface area contributed by atoms with E-state index in [1.165, 1.54) is 11.8 Å². The van der Waals surface area contributed by atoms with Gasteiger partial charge in [-0.15, -0.1) is 0 Å². The molecular weight excluding hydrogens is 310 g/mol. The van der Waals surface area contributed by atoms with Gasteiger partial charge in [0.25, 0.3) is 0 Å². The first-order valence-electron chi connectivity index (χ1n) is 6.60. The maximum atomic E-state index is 12.2. The molecule has 5 nitrogen and oxygen atoms in total. The van der Waals surface area contributed by atoms with Gasteiger partial charge in [-0.25, -0.2) is 0 Å². The molecule has 1 saturated heterocycles. The Labute approximate surface area is 130 Å². The van der Waals surface area contributed by atoms with Crippen LogP contribution in [0.15, 0.2) is 40.5 Å². The van der Waals surface area contributed by atoms with Crippen LogP contribution in [0.5, 0.6) is 0 Å². The average Bonchev–Trinajstić information content (AvgIpc) is 2.48. The van der Waals surface area contributed by atoms with Crippen molar-refractivity contribution < 1.29 is 17.3 Å². The van der Waals surface area contributed by atoms with E-state index in [2.05, 4.69) is 0 Å². The van der Waals surface area contributed by atoms with Crippen molar-refractivity contribution >= 4 is 21.9 Å². The minimum absolute atomic E-state index is 0.162. The Morgan fingerprint density at radius 2 is 1.90 bits per heavy atom. The van der Waals surface area contributed by atoms with Crippen LogP contribution in [0.2, 0.25) is 0 Å². The molecule has 0 N–H and O–H groups in total. The zero-order valence-corrected chi connectivity index (χ0v) is 13.7. The molecule has 0 amide bonds. The second-order valence-corrected chi connectivity index (χ2v) is 7.01. The Balaban J connectivity index is 2.12. The molecule has 1 aliphatic heterocycles. The lowest BCUT2D eigenvalue weighted by atomic mass is 10.2. The topological polar surface area (TPSA) is 55.8 Å². The van der Waals surface area contributed by atoms with Crippen molar-refractivity contribution in [3.63, 3.8) is 0 Å². The predicted molar refractivity (Wildman–Crippen MR) is 83.4 cm³/mol. The molecule has 116 valence electrons.